The van der Waals surface area contributed by atoms with Crippen LogP contribution < -0.4 is 15.0 Å². The summed E-state index contributed by atoms with van der Waals surface area (Å²) in [5, 5.41) is 0. The Bertz CT molecular complexity index is 1380. The van der Waals surface area contributed by atoms with E-state index in [2.05, 4.69) is 0 Å². The molecule has 6 nitrogen and oxygen atoms in total. The van der Waals surface area contributed by atoms with E-state index < -0.39 is 21.3 Å². The Kier molecular flexibility index (Phi) is 6.60. The molecule has 0 radical (unpaired) electrons. The second-order valence-corrected chi connectivity index (χ2v) is 9.38. The molecule has 4 rings (SSSR count). The first-order chi connectivity index (χ1) is 16.0. The van der Waals surface area contributed by atoms with Gasteiger partial charge in [-0.25, -0.2) is 8.42 Å². The largest absolute Gasteiger partial charge is 0.497 e. The topological polar surface area (TPSA) is 74.6 Å². The van der Waals surface area contributed by atoms with E-state index >= 15 is 0 Å². The van der Waals surface area contributed by atoms with E-state index in [1.54, 1.807) is 37.4 Å². The van der Waals surface area contributed by atoms with Crippen molar-refractivity contribution in [3.8, 4) is 22.6 Å². The molecule has 4 aromatic rings. The molecule has 7 heteroatoms. The predicted octanol–water partition coefficient (Wildman–Crippen LogP) is 4.53. The number of hydrogen-bond donors (Lipinski definition) is 0. The molecule has 0 saturated heterocycles. The van der Waals surface area contributed by atoms with Crippen LogP contribution in [0.4, 0.5) is 0 Å². The molecule has 0 fully saturated rings. The standard InChI is InChI=1S/C26H23NO5S/c1-31-23-13-9-21(10-14-23)22-11-15-24(16-12-22)33(29,30)19-27-17-5-8-25(26(27)28)32-18-20-6-3-2-4-7-20/h2-17H,18-19H2,1H3. The lowest BCUT2D eigenvalue weighted by Gasteiger charge is -2.11. The predicted molar refractivity (Wildman–Crippen MR) is 127 cm³/mol. The second kappa shape index (κ2) is 9.75. The summed E-state index contributed by atoms with van der Waals surface area (Å²) in [4.78, 5) is 12.9. The van der Waals surface area contributed by atoms with Gasteiger partial charge in [0.25, 0.3) is 5.56 Å². The molecule has 0 aliphatic heterocycles. The summed E-state index contributed by atoms with van der Waals surface area (Å²) in [6, 6.07) is 26.7. The van der Waals surface area contributed by atoms with Gasteiger partial charge in [-0.2, -0.15) is 0 Å². The zero-order chi connectivity index (χ0) is 23.3. The molecule has 0 amide bonds. The van der Waals surface area contributed by atoms with Crippen LogP contribution in [0, 0.1) is 0 Å². The Hall–Kier alpha value is -3.84. The average Bonchev–Trinajstić information content (AvgIpc) is 2.85. The van der Waals surface area contributed by atoms with Crippen molar-refractivity contribution < 1.29 is 17.9 Å². The molecule has 0 spiro atoms. The van der Waals surface area contributed by atoms with Gasteiger partial charge in [0.15, 0.2) is 15.6 Å². The van der Waals surface area contributed by atoms with Crippen molar-refractivity contribution in [1.29, 1.82) is 0 Å². The molecule has 0 saturated carbocycles. The maximum Gasteiger partial charge on any atom is 0.293 e. The smallest absolute Gasteiger partial charge is 0.293 e. The molecular weight excluding hydrogens is 438 g/mol. The summed E-state index contributed by atoms with van der Waals surface area (Å²) in [6.45, 7) is 0.222. The highest BCUT2D eigenvalue weighted by Gasteiger charge is 2.17. The summed E-state index contributed by atoms with van der Waals surface area (Å²) >= 11 is 0. The zero-order valence-corrected chi connectivity index (χ0v) is 18.9. The summed E-state index contributed by atoms with van der Waals surface area (Å²) in [5.41, 5.74) is 2.24. The number of pyridine rings is 1. The number of benzene rings is 3. The highest BCUT2D eigenvalue weighted by molar-refractivity contribution is 7.90. The van der Waals surface area contributed by atoms with E-state index in [1.165, 1.54) is 12.3 Å². The molecule has 0 N–H and O–H groups in total. The molecule has 0 atom stereocenters. The number of methoxy groups -OCH3 is 1. The fourth-order valence-electron chi connectivity index (χ4n) is 3.36. The molecular formula is C26H23NO5S. The van der Waals surface area contributed by atoms with Gasteiger partial charge in [0.1, 0.15) is 18.2 Å². The lowest BCUT2D eigenvalue weighted by Crippen LogP contribution is -2.25. The molecule has 0 bridgehead atoms. The van der Waals surface area contributed by atoms with Crippen LogP contribution in [0.5, 0.6) is 11.5 Å². The van der Waals surface area contributed by atoms with Gasteiger partial charge < -0.3 is 9.47 Å². The number of rotatable bonds is 8. The van der Waals surface area contributed by atoms with E-state index in [9.17, 15) is 13.2 Å². The zero-order valence-electron chi connectivity index (χ0n) is 18.0. The van der Waals surface area contributed by atoms with Gasteiger partial charge in [-0.05, 0) is 53.1 Å². The highest BCUT2D eigenvalue weighted by Crippen LogP contribution is 2.24. The Balaban J connectivity index is 1.50. The first-order valence-corrected chi connectivity index (χ1v) is 11.9. The molecule has 1 heterocycles. The Morgan fingerprint density at radius 2 is 1.42 bits per heavy atom. The number of aromatic nitrogens is 1. The number of hydrogen-bond acceptors (Lipinski definition) is 5. The van der Waals surface area contributed by atoms with Crippen LogP contribution in [0.15, 0.2) is 107 Å². The van der Waals surface area contributed by atoms with Crippen molar-refractivity contribution in [2.24, 2.45) is 0 Å². The highest BCUT2D eigenvalue weighted by atomic mass is 32.2. The van der Waals surface area contributed by atoms with E-state index in [1.807, 2.05) is 54.6 Å². The molecule has 1 aromatic heterocycles. The summed E-state index contributed by atoms with van der Waals surface area (Å²) < 4.78 is 37.9. The minimum Gasteiger partial charge on any atom is -0.497 e. The Morgan fingerprint density at radius 3 is 2.06 bits per heavy atom. The van der Waals surface area contributed by atoms with Gasteiger partial charge in [0, 0.05) is 6.20 Å². The summed E-state index contributed by atoms with van der Waals surface area (Å²) in [5.74, 6) is 0.376. The van der Waals surface area contributed by atoms with Crippen LogP contribution in [0.1, 0.15) is 5.56 Å². The van der Waals surface area contributed by atoms with E-state index in [0.29, 0.717) is 0 Å². The van der Waals surface area contributed by atoms with Crippen molar-refractivity contribution in [3.05, 3.63) is 113 Å². The van der Waals surface area contributed by atoms with Crippen LogP contribution in [-0.2, 0) is 22.3 Å². The van der Waals surface area contributed by atoms with Gasteiger partial charge in [-0.1, -0.05) is 54.6 Å². The fraction of sp³-hybridized carbons (Fsp3) is 0.115. The molecule has 0 aliphatic carbocycles. The Morgan fingerprint density at radius 1 is 0.788 bits per heavy atom. The lowest BCUT2D eigenvalue weighted by atomic mass is 10.1. The monoisotopic (exact) mass is 461 g/mol. The molecule has 168 valence electrons. The maximum absolute atomic E-state index is 13.0. The third kappa shape index (κ3) is 5.32. The van der Waals surface area contributed by atoms with Crippen LogP contribution in [0.2, 0.25) is 0 Å². The SMILES string of the molecule is COc1ccc(-c2ccc(S(=O)(=O)Cn3cccc(OCc4ccccc4)c3=O)cc2)cc1. The number of nitrogens with zero attached hydrogens (tertiary/aromatic N) is 1. The molecule has 3 aromatic carbocycles. The van der Waals surface area contributed by atoms with E-state index in [0.717, 1.165) is 27.0 Å². The van der Waals surface area contributed by atoms with Gasteiger partial charge >= 0.3 is 0 Å². The van der Waals surface area contributed by atoms with Crippen LogP contribution in [-0.4, -0.2) is 20.1 Å². The third-order valence-corrected chi connectivity index (χ3v) is 6.78. The van der Waals surface area contributed by atoms with Crippen molar-refractivity contribution in [2.45, 2.75) is 17.4 Å². The molecule has 0 unspecified atom stereocenters. The lowest BCUT2D eigenvalue weighted by molar-refractivity contribution is 0.299. The van der Waals surface area contributed by atoms with Crippen LogP contribution in [0.25, 0.3) is 11.1 Å². The first kappa shape index (κ1) is 22.4. The number of sulfone groups is 1. The number of ether oxygens (including phenoxy) is 2. The normalized spacial score (nSPS) is 11.2. The van der Waals surface area contributed by atoms with Gasteiger partial charge in [0.2, 0.25) is 0 Å². The van der Waals surface area contributed by atoms with Crippen LogP contribution in [0.3, 0.4) is 0 Å². The maximum atomic E-state index is 13.0. The van der Waals surface area contributed by atoms with Crippen LogP contribution >= 0.6 is 0 Å². The molecule has 0 aliphatic rings. The summed E-state index contributed by atoms with van der Waals surface area (Å²) in [7, 11) is -2.14. The van der Waals surface area contributed by atoms with Crippen molar-refractivity contribution in [1.82, 2.24) is 4.57 Å². The van der Waals surface area contributed by atoms with E-state index in [4.69, 9.17) is 9.47 Å². The quantitative estimate of drug-likeness (QED) is 0.385. The second-order valence-electron chi connectivity index (χ2n) is 7.42. The minimum atomic E-state index is -3.74. The minimum absolute atomic E-state index is 0.103. The molecule has 33 heavy (non-hydrogen) atoms. The fourth-order valence-corrected chi connectivity index (χ4v) is 4.63. The van der Waals surface area contributed by atoms with Crippen molar-refractivity contribution >= 4 is 9.84 Å². The van der Waals surface area contributed by atoms with E-state index in [-0.39, 0.29) is 17.3 Å². The van der Waals surface area contributed by atoms with Crippen molar-refractivity contribution in [2.75, 3.05) is 7.11 Å². The first-order valence-electron chi connectivity index (χ1n) is 10.3. The van der Waals surface area contributed by atoms with Gasteiger partial charge in [-0.15, -0.1) is 0 Å². The van der Waals surface area contributed by atoms with Gasteiger partial charge in [-0.3, -0.25) is 9.36 Å². The van der Waals surface area contributed by atoms with Gasteiger partial charge in [0.05, 0.1) is 12.0 Å². The third-order valence-electron chi connectivity index (χ3n) is 5.17. The average molecular weight is 462 g/mol. The Labute approximate surface area is 192 Å². The van der Waals surface area contributed by atoms with Crippen molar-refractivity contribution in [3.63, 3.8) is 0 Å². The summed E-state index contributed by atoms with van der Waals surface area (Å²) in [6.07, 6.45) is 1.45.